The van der Waals surface area contributed by atoms with Crippen LogP contribution in [-0.4, -0.2) is 83.5 Å². The van der Waals surface area contributed by atoms with Gasteiger partial charge in [-0.15, -0.1) is 0 Å². The maximum absolute atomic E-state index is 13.5. The summed E-state index contributed by atoms with van der Waals surface area (Å²) in [6.07, 6.45) is 8.50. The van der Waals surface area contributed by atoms with Gasteiger partial charge in [-0.05, 0) is 145 Å². The van der Waals surface area contributed by atoms with Gasteiger partial charge in [-0.25, -0.2) is 45.2 Å². The number of carbonyl (C=O) groups is 4. The van der Waals surface area contributed by atoms with Crippen LogP contribution in [-0.2, 0) is 43.7 Å². The zero-order chi connectivity index (χ0) is 68.0. The molecule has 11 rings (SSSR count). The van der Waals surface area contributed by atoms with E-state index in [4.69, 9.17) is 19.7 Å². The number of hydrogen-bond donors (Lipinski definition) is 6. The lowest BCUT2D eigenvalue weighted by Crippen LogP contribution is -2.30. The normalized spacial score (nSPS) is 11.5. The second-order valence-electron chi connectivity index (χ2n) is 24.0. The Labute approximate surface area is 556 Å². The van der Waals surface area contributed by atoms with E-state index in [0.29, 0.717) is 59.1 Å². The number of rotatable bonds is 20. The van der Waals surface area contributed by atoms with Crippen LogP contribution in [0.4, 0.5) is 32.6 Å². The smallest absolute Gasteiger partial charge is 0.324 e. The molecule has 0 aliphatic carbocycles. The van der Waals surface area contributed by atoms with Crippen LogP contribution in [0.15, 0.2) is 241 Å². The molecule has 4 heterocycles. The van der Waals surface area contributed by atoms with Crippen molar-refractivity contribution in [1.29, 1.82) is 0 Å². The Morgan fingerprint density at radius 3 is 1.30 bits per heavy atom. The molecular formula is C72H70N12O10S2. The number of nitrogens with one attached hydrogen (secondary N) is 6. The average Bonchev–Trinajstić information content (AvgIpc) is 1.74. The lowest BCUT2D eigenvalue weighted by Gasteiger charge is -2.14. The van der Waals surface area contributed by atoms with Crippen LogP contribution in [0.3, 0.4) is 0 Å². The molecule has 0 fully saturated rings. The average molecular weight is 1330 g/mol. The predicted octanol–water partition coefficient (Wildman–Crippen LogP) is 13.1. The van der Waals surface area contributed by atoms with Crippen LogP contribution in [0.1, 0.15) is 84.8 Å². The van der Waals surface area contributed by atoms with Gasteiger partial charge in [0, 0.05) is 88.2 Å². The number of benzene rings is 7. The molecule has 96 heavy (non-hydrogen) atoms. The van der Waals surface area contributed by atoms with Gasteiger partial charge >= 0.3 is 12.1 Å². The molecule has 0 bridgehead atoms. The summed E-state index contributed by atoms with van der Waals surface area (Å²) in [6.45, 7) is 13.0. The van der Waals surface area contributed by atoms with Gasteiger partial charge in [-0.1, -0.05) is 102 Å². The Balaban J connectivity index is 0.000000210. The van der Waals surface area contributed by atoms with Gasteiger partial charge in [0.1, 0.15) is 23.1 Å². The third-order valence-corrected chi connectivity index (χ3v) is 17.5. The summed E-state index contributed by atoms with van der Waals surface area (Å²) < 4.78 is 69.8. The summed E-state index contributed by atoms with van der Waals surface area (Å²) in [4.78, 5) is 60.1. The molecule has 0 atom stereocenters. The monoisotopic (exact) mass is 1330 g/mol. The highest BCUT2D eigenvalue weighted by Gasteiger charge is 2.26. The zero-order valence-electron chi connectivity index (χ0n) is 53.3. The molecule has 7 aromatic carbocycles. The van der Waals surface area contributed by atoms with Crippen molar-refractivity contribution in [2.75, 3.05) is 34.5 Å². The number of fused-ring (bicyclic) bond motifs is 1. The number of aromatic nitrogens is 6. The summed E-state index contributed by atoms with van der Waals surface area (Å²) in [5, 5.41) is 22.7. The molecule has 6 amide bonds. The van der Waals surface area contributed by atoms with Crippen LogP contribution < -0.4 is 40.2 Å². The largest absolute Gasteiger partial charge is 0.493 e. The summed E-state index contributed by atoms with van der Waals surface area (Å²) in [5.74, 6) is 0.658. The van der Waals surface area contributed by atoms with Gasteiger partial charge in [0.05, 0.1) is 51.5 Å². The number of ether oxygens (including phenoxy) is 2. The Morgan fingerprint density at radius 2 is 0.854 bits per heavy atom. The Morgan fingerprint density at radius 1 is 0.438 bits per heavy atom. The first kappa shape index (κ1) is 67.4. The van der Waals surface area contributed by atoms with E-state index in [1.54, 1.807) is 131 Å². The highest BCUT2D eigenvalue weighted by molar-refractivity contribution is 7.90. The number of anilines is 4. The molecule has 0 unspecified atom stereocenters. The van der Waals surface area contributed by atoms with Crippen LogP contribution >= 0.6 is 0 Å². The van der Waals surface area contributed by atoms with Crippen molar-refractivity contribution < 1.29 is 45.5 Å². The molecule has 0 saturated heterocycles. The minimum atomic E-state index is -4.04. The van der Waals surface area contributed by atoms with E-state index in [1.807, 2.05) is 102 Å². The highest BCUT2D eigenvalue weighted by Crippen LogP contribution is 2.33. The van der Waals surface area contributed by atoms with E-state index in [2.05, 4.69) is 40.7 Å². The van der Waals surface area contributed by atoms with Gasteiger partial charge in [0.15, 0.2) is 0 Å². The van der Waals surface area contributed by atoms with Gasteiger partial charge in [-0.2, -0.15) is 10.2 Å². The standard InChI is InChI=1S/C38H36N6O5S.C34H34N6O5S/c1-38(2,3)34-25-35(44(42-34)28-15-13-27(14-16-28)36(45)43-50(47,48)29-9-5-4-6-10-29)41-37(46)40-32-17-18-33(31-12-8-7-11-30(31)32)49-24-21-26-19-22-39-23-20-26;1-34(2,3)30-23-31(37-33(42)36-26-11-15-28(16-12-26)45-22-19-24-17-20-35-21-18-24)40(38-30)27-13-9-25(10-14-27)32(41)39-46(43,44)29-7-5-4-6-8-29/h4-20,22-23,25H,21,24H2,1-3H3,(H,43,45)(H2,40,41,46);4-18,20-21,23H,19,22H2,1-3H3,(H,39,41)(H2,36,37,42). The quantitative estimate of drug-likeness (QED) is 0.0414. The lowest BCUT2D eigenvalue weighted by atomic mass is 9.92. The topological polar surface area (TPSA) is 289 Å². The van der Waals surface area contributed by atoms with Crippen molar-refractivity contribution >= 4 is 77.7 Å². The Kier molecular flexibility index (Phi) is 20.8. The third kappa shape index (κ3) is 17.6. The molecule has 22 nitrogen and oxygen atoms in total. The van der Waals surface area contributed by atoms with E-state index in [1.165, 1.54) is 48.5 Å². The molecule has 0 saturated carbocycles. The van der Waals surface area contributed by atoms with Gasteiger partial charge in [0.25, 0.3) is 31.9 Å². The number of nitrogens with zero attached hydrogens (tertiary/aromatic N) is 6. The van der Waals surface area contributed by atoms with Gasteiger partial charge in [0.2, 0.25) is 0 Å². The molecular weight excluding hydrogens is 1260 g/mol. The van der Waals surface area contributed by atoms with E-state index < -0.39 is 43.9 Å². The second kappa shape index (κ2) is 29.6. The first-order valence-electron chi connectivity index (χ1n) is 30.4. The first-order valence-corrected chi connectivity index (χ1v) is 33.4. The molecule has 4 aromatic heterocycles. The fourth-order valence-corrected chi connectivity index (χ4v) is 11.6. The highest BCUT2D eigenvalue weighted by atomic mass is 32.2. The third-order valence-electron chi connectivity index (χ3n) is 14.8. The van der Waals surface area contributed by atoms with Crippen LogP contribution in [0.2, 0.25) is 0 Å². The molecule has 11 aromatic rings. The van der Waals surface area contributed by atoms with Crippen LogP contribution in [0.5, 0.6) is 11.5 Å². The fraction of sp³-hybridized carbons (Fsp3) is 0.167. The van der Waals surface area contributed by atoms with Gasteiger partial charge in [-0.3, -0.25) is 30.2 Å². The minimum absolute atomic E-state index is 0.0125. The molecule has 0 spiro atoms. The van der Waals surface area contributed by atoms with E-state index >= 15 is 0 Å². The predicted molar refractivity (Wildman–Crippen MR) is 369 cm³/mol. The molecule has 6 N–H and O–H groups in total. The molecule has 0 radical (unpaired) electrons. The first-order chi connectivity index (χ1) is 46.0. The number of sulfonamides is 2. The van der Waals surface area contributed by atoms with E-state index in [0.717, 1.165) is 46.1 Å². The number of pyridine rings is 2. The SMILES string of the molecule is CC(C)(C)c1cc(NC(=O)Nc2ccc(OCCc3ccncc3)c3ccccc23)n(-c2ccc(C(=O)NS(=O)(=O)c3ccccc3)cc2)n1.CC(C)(C)c1cc(NC(=O)Nc2ccc(OCCc3ccncc3)cc2)n(-c2ccc(C(=O)NS(=O)(=O)c3ccccc3)cc2)n1. The lowest BCUT2D eigenvalue weighted by molar-refractivity contribution is 0.0972. The number of hydrogen-bond acceptors (Lipinski definition) is 14. The Bertz CT molecular complexity index is 4760. The summed E-state index contributed by atoms with van der Waals surface area (Å²) >= 11 is 0. The van der Waals surface area contributed by atoms with Gasteiger partial charge < -0.3 is 20.1 Å². The summed E-state index contributed by atoms with van der Waals surface area (Å²) in [5.41, 5.74) is 5.61. The van der Waals surface area contributed by atoms with E-state index in [-0.39, 0.29) is 31.7 Å². The zero-order valence-corrected chi connectivity index (χ0v) is 55.0. The maximum Gasteiger partial charge on any atom is 0.324 e. The fourth-order valence-electron chi connectivity index (χ4n) is 9.61. The number of urea groups is 2. The molecule has 0 aliphatic rings. The molecule has 24 heteroatoms. The van der Waals surface area contributed by atoms with Crippen molar-refractivity contribution in [1.82, 2.24) is 39.0 Å². The van der Waals surface area contributed by atoms with Crippen molar-refractivity contribution in [2.45, 2.75) is 75.0 Å². The summed E-state index contributed by atoms with van der Waals surface area (Å²) in [7, 11) is -8.07. The number of amides is 6. The second-order valence-corrected chi connectivity index (χ2v) is 27.4. The van der Waals surface area contributed by atoms with Crippen LogP contribution in [0.25, 0.3) is 22.1 Å². The Hall–Kier alpha value is -11.5. The molecule has 490 valence electrons. The van der Waals surface area contributed by atoms with Crippen molar-refractivity contribution in [3.8, 4) is 22.9 Å². The van der Waals surface area contributed by atoms with Crippen LogP contribution in [0, 0.1) is 0 Å². The van der Waals surface area contributed by atoms with Crippen molar-refractivity contribution in [2.24, 2.45) is 0 Å². The number of carbonyl (C=O) groups excluding carboxylic acids is 4. The maximum atomic E-state index is 13.5. The van der Waals surface area contributed by atoms with Crippen molar-refractivity contribution in [3.63, 3.8) is 0 Å². The van der Waals surface area contributed by atoms with E-state index in [9.17, 15) is 36.0 Å². The summed E-state index contributed by atoms with van der Waals surface area (Å²) in [6, 6.07) is 56.7. The minimum Gasteiger partial charge on any atom is -0.493 e. The van der Waals surface area contributed by atoms with Crippen molar-refractivity contribution in [3.05, 3.63) is 265 Å². The molecule has 0 aliphatic heterocycles.